The standard InChI is InChI=1S/C16H25N5S/c1-12-15(22-13(2)19-12)8-9-18-16(17-3)21(5)11-14-7-6-10-20(14)4/h6-7,10H,8-9,11H2,1-5H3,(H,17,18). The van der Waals surface area contributed by atoms with Crippen molar-refractivity contribution in [1.29, 1.82) is 0 Å². The molecule has 2 aromatic rings. The molecule has 0 aliphatic carbocycles. The number of rotatable bonds is 5. The first-order valence-corrected chi connectivity index (χ1v) is 8.27. The molecule has 6 heteroatoms. The minimum atomic E-state index is 0.835. The minimum Gasteiger partial charge on any atom is -0.356 e. The van der Waals surface area contributed by atoms with Crippen LogP contribution in [0.15, 0.2) is 23.3 Å². The van der Waals surface area contributed by atoms with E-state index in [9.17, 15) is 0 Å². The fraction of sp³-hybridized carbons (Fsp3) is 0.500. The number of hydrogen-bond donors (Lipinski definition) is 1. The molecular weight excluding hydrogens is 294 g/mol. The van der Waals surface area contributed by atoms with E-state index in [2.05, 4.69) is 71.0 Å². The van der Waals surface area contributed by atoms with Gasteiger partial charge in [0.25, 0.3) is 0 Å². The molecule has 0 amide bonds. The number of aryl methyl sites for hydroxylation is 3. The van der Waals surface area contributed by atoms with Crippen molar-refractivity contribution in [2.24, 2.45) is 12.0 Å². The first kappa shape index (κ1) is 16.5. The lowest BCUT2D eigenvalue weighted by molar-refractivity contribution is 0.462. The van der Waals surface area contributed by atoms with Crippen molar-refractivity contribution in [2.75, 3.05) is 20.6 Å². The number of nitrogens with one attached hydrogen (secondary N) is 1. The summed E-state index contributed by atoms with van der Waals surface area (Å²) in [7, 11) is 5.95. The highest BCUT2D eigenvalue weighted by Gasteiger charge is 2.09. The molecule has 0 aliphatic rings. The summed E-state index contributed by atoms with van der Waals surface area (Å²) in [5, 5.41) is 4.57. The number of aromatic nitrogens is 2. The van der Waals surface area contributed by atoms with Gasteiger partial charge in [0.1, 0.15) is 0 Å². The molecule has 0 atom stereocenters. The summed E-state index contributed by atoms with van der Waals surface area (Å²) in [5.41, 5.74) is 2.41. The highest BCUT2D eigenvalue weighted by molar-refractivity contribution is 7.11. The van der Waals surface area contributed by atoms with E-state index in [4.69, 9.17) is 0 Å². The van der Waals surface area contributed by atoms with E-state index in [1.54, 1.807) is 11.3 Å². The van der Waals surface area contributed by atoms with Gasteiger partial charge in [0, 0.05) is 50.9 Å². The average Bonchev–Trinajstić information content (AvgIpc) is 3.01. The van der Waals surface area contributed by atoms with Crippen LogP contribution in [0.2, 0.25) is 0 Å². The van der Waals surface area contributed by atoms with Gasteiger partial charge in [-0.05, 0) is 26.0 Å². The molecule has 0 saturated carbocycles. The second-order valence-corrected chi connectivity index (χ2v) is 6.72. The van der Waals surface area contributed by atoms with Gasteiger partial charge in [0.05, 0.1) is 17.2 Å². The van der Waals surface area contributed by atoms with Crippen LogP contribution in [0.25, 0.3) is 0 Å². The second kappa shape index (κ2) is 7.45. The summed E-state index contributed by atoms with van der Waals surface area (Å²) in [6.45, 7) is 5.84. The van der Waals surface area contributed by atoms with Crippen molar-refractivity contribution < 1.29 is 0 Å². The molecule has 0 fully saturated rings. The Kier molecular flexibility index (Phi) is 5.60. The van der Waals surface area contributed by atoms with Crippen molar-refractivity contribution in [3.63, 3.8) is 0 Å². The normalized spacial score (nSPS) is 11.8. The minimum absolute atomic E-state index is 0.835. The van der Waals surface area contributed by atoms with Crippen LogP contribution in [0.3, 0.4) is 0 Å². The molecular formula is C16H25N5S. The van der Waals surface area contributed by atoms with E-state index < -0.39 is 0 Å². The third-order valence-corrected chi connectivity index (χ3v) is 4.79. The van der Waals surface area contributed by atoms with Crippen LogP contribution >= 0.6 is 11.3 Å². The van der Waals surface area contributed by atoms with Gasteiger partial charge in [-0.15, -0.1) is 11.3 Å². The van der Waals surface area contributed by atoms with Crippen molar-refractivity contribution in [3.8, 4) is 0 Å². The van der Waals surface area contributed by atoms with Gasteiger partial charge in [-0.3, -0.25) is 4.99 Å². The van der Waals surface area contributed by atoms with Gasteiger partial charge in [-0.2, -0.15) is 0 Å². The molecule has 2 rings (SSSR count). The molecule has 5 nitrogen and oxygen atoms in total. The summed E-state index contributed by atoms with van der Waals surface area (Å²) in [6, 6.07) is 4.20. The third-order valence-electron chi connectivity index (χ3n) is 3.66. The largest absolute Gasteiger partial charge is 0.356 e. The van der Waals surface area contributed by atoms with Crippen molar-refractivity contribution in [3.05, 3.63) is 39.6 Å². The number of thiazole rings is 1. The maximum absolute atomic E-state index is 4.47. The summed E-state index contributed by atoms with van der Waals surface area (Å²) >= 11 is 1.78. The lowest BCUT2D eigenvalue weighted by Gasteiger charge is -2.22. The summed E-state index contributed by atoms with van der Waals surface area (Å²) in [4.78, 5) is 12.3. The lowest BCUT2D eigenvalue weighted by atomic mass is 10.3. The van der Waals surface area contributed by atoms with E-state index in [1.807, 2.05) is 7.05 Å². The van der Waals surface area contributed by atoms with Crippen LogP contribution in [0, 0.1) is 13.8 Å². The second-order valence-electron chi connectivity index (χ2n) is 5.43. The number of hydrogen-bond acceptors (Lipinski definition) is 3. The third kappa shape index (κ3) is 4.10. The molecule has 0 radical (unpaired) electrons. The van der Waals surface area contributed by atoms with E-state index in [1.165, 1.54) is 10.6 Å². The van der Waals surface area contributed by atoms with Gasteiger partial charge in [0.15, 0.2) is 5.96 Å². The van der Waals surface area contributed by atoms with Gasteiger partial charge in [0.2, 0.25) is 0 Å². The molecule has 0 saturated heterocycles. The highest BCUT2D eigenvalue weighted by Crippen LogP contribution is 2.17. The van der Waals surface area contributed by atoms with E-state index in [0.29, 0.717) is 0 Å². The zero-order valence-electron chi connectivity index (χ0n) is 14.1. The summed E-state index contributed by atoms with van der Waals surface area (Å²) in [5.74, 6) is 0.917. The molecule has 0 unspecified atom stereocenters. The Bertz CT molecular complexity index is 641. The first-order chi connectivity index (χ1) is 10.5. The molecule has 0 aliphatic heterocycles. The Morgan fingerprint density at radius 2 is 2.23 bits per heavy atom. The zero-order chi connectivity index (χ0) is 16.1. The Hall–Kier alpha value is -1.82. The molecule has 0 spiro atoms. The Balaban J connectivity index is 1.87. The van der Waals surface area contributed by atoms with Crippen LogP contribution in [0.5, 0.6) is 0 Å². The number of aliphatic imine (C=N–C) groups is 1. The molecule has 22 heavy (non-hydrogen) atoms. The van der Waals surface area contributed by atoms with Gasteiger partial charge in [-0.1, -0.05) is 0 Å². The number of nitrogens with zero attached hydrogens (tertiary/aromatic N) is 4. The van der Waals surface area contributed by atoms with Crippen LogP contribution in [-0.4, -0.2) is 41.1 Å². The molecule has 0 aromatic carbocycles. The zero-order valence-corrected chi connectivity index (χ0v) is 14.9. The van der Waals surface area contributed by atoms with Crippen LogP contribution in [0.1, 0.15) is 21.3 Å². The van der Waals surface area contributed by atoms with Crippen LogP contribution in [0.4, 0.5) is 0 Å². The molecule has 120 valence electrons. The predicted molar refractivity (Wildman–Crippen MR) is 93.5 cm³/mol. The molecule has 2 heterocycles. The van der Waals surface area contributed by atoms with Crippen molar-refractivity contribution in [1.82, 2.24) is 19.8 Å². The Labute approximate surface area is 136 Å². The maximum Gasteiger partial charge on any atom is 0.193 e. The summed E-state index contributed by atoms with van der Waals surface area (Å²) in [6.07, 6.45) is 3.04. The predicted octanol–water partition coefficient (Wildman–Crippen LogP) is 2.35. The fourth-order valence-electron chi connectivity index (χ4n) is 2.46. The topological polar surface area (TPSA) is 45.5 Å². The SMILES string of the molecule is CN=C(NCCc1sc(C)nc1C)N(C)Cc1cccn1C. The summed E-state index contributed by atoms with van der Waals surface area (Å²) < 4.78 is 2.13. The quantitative estimate of drug-likeness (QED) is 0.680. The Morgan fingerprint density at radius 3 is 2.77 bits per heavy atom. The average molecular weight is 319 g/mol. The lowest BCUT2D eigenvalue weighted by Crippen LogP contribution is -2.39. The smallest absolute Gasteiger partial charge is 0.193 e. The van der Waals surface area contributed by atoms with Gasteiger partial charge < -0.3 is 14.8 Å². The molecule has 0 bridgehead atoms. The van der Waals surface area contributed by atoms with E-state index in [0.717, 1.165) is 36.2 Å². The van der Waals surface area contributed by atoms with E-state index >= 15 is 0 Å². The van der Waals surface area contributed by atoms with Crippen molar-refractivity contribution >= 4 is 17.3 Å². The monoisotopic (exact) mass is 319 g/mol. The van der Waals surface area contributed by atoms with Gasteiger partial charge in [-0.25, -0.2) is 4.98 Å². The maximum atomic E-state index is 4.47. The van der Waals surface area contributed by atoms with Gasteiger partial charge >= 0.3 is 0 Å². The van der Waals surface area contributed by atoms with E-state index in [-0.39, 0.29) is 0 Å². The van der Waals surface area contributed by atoms with Crippen LogP contribution in [-0.2, 0) is 20.0 Å². The van der Waals surface area contributed by atoms with Crippen molar-refractivity contribution in [2.45, 2.75) is 26.8 Å². The fourth-order valence-corrected chi connectivity index (χ4v) is 3.39. The number of guanidine groups is 1. The Morgan fingerprint density at radius 1 is 1.45 bits per heavy atom. The first-order valence-electron chi connectivity index (χ1n) is 7.46. The molecule has 2 aromatic heterocycles. The molecule has 1 N–H and O–H groups in total. The van der Waals surface area contributed by atoms with Crippen LogP contribution < -0.4 is 5.32 Å². The highest BCUT2D eigenvalue weighted by atomic mass is 32.1.